The molecule has 1 aliphatic heterocycles. The van der Waals surface area contributed by atoms with Crippen LogP contribution in [0.4, 0.5) is 23.4 Å². The van der Waals surface area contributed by atoms with E-state index in [1.165, 1.54) is 17.0 Å². The number of carbonyl (C=O) groups is 3. The zero-order valence-corrected chi connectivity index (χ0v) is 16.9. The molecule has 2 heterocycles. The van der Waals surface area contributed by atoms with Crippen molar-refractivity contribution in [1.29, 1.82) is 0 Å². The van der Waals surface area contributed by atoms with Gasteiger partial charge in [-0.25, -0.2) is 14.2 Å². The van der Waals surface area contributed by atoms with Crippen molar-refractivity contribution in [2.45, 2.75) is 12.7 Å². The van der Waals surface area contributed by atoms with Crippen molar-refractivity contribution in [2.24, 2.45) is 0 Å². The SMILES string of the molecule is CNc1ncccc1C(=O)N1CCN(Cc2ccc(F)cc2)C(=O)C1.O=C(O)C(F)(F)F. The highest BCUT2D eigenvalue weighted by Crippen LogP contribution is 2.17. The number of aromatic nitrogens is 1. The first-order valence-electron chi connectivity index (χ1n) is 9.27. The normalized spacial score (nSPS) is 13.8. The predicted molar refractivity (Wildman–Crippen MR) is 105 cm³/mol. The summed E-state index contributed by atoms with van der Waals surface area (Å²) in [5, 5.41) is 10.0. The minimum Gasteiger partial charge on any atom is -0.475 e. The molecule has 8 nitrogen and oxygen atoms in total. The van der Waals surface area contributed by atoms with Crippen LogP contribution in [0.3, 0.4) is 0 Å². The number of carboxylic acids is 1. The Morgan fingerprint density at radius 3 is 2.31 bits per heavy atom. The van der Waals surface area contributed by atoms with Gasteiger partial charge in [-0.1, -0.05) is 12.1 Å². The zero-order chi connectivity index (χ0) is 23.9. The van der Waals surface area contributed by atoms with E-state index in [1.54, 1.807) is 42.4 Å². The Balaban J connectivity index is 0.000000451. The van der Waals surface area contributed by atoms with Crippen molar-refractivity contribution in [2.75, 3.05) is 32.0 Å². The fourth-order valence-electron chi connectivity index (χ4n) is 2.81. The number of anilines is 1. The lowest BCUT2D eigenvalue weighted by molar-refractivity contribution is -0.192. The van der Waals surface area contributed by atoms with Crippen LogP contribution in [0.25, 0.3) is 0 Å². The number of pyridine rings is 1. The van der Waals surface area contributed by atoms with Crippen LogP contribution in [-0.4, -0.2) is 70.5 Å². The second-order valence-electron chi connectivity index (χ2n) is 6.62. The lowest BCUT2D eigenvalue weighted by Gasteiger charge is -2.34. The lowest BCUT2D eigenvalue weighted by Crippen LogP contribution is -2.51. The van der Waals surface area contributed by atoms with Crippen LogP contribution >= 0.6 is 0 Å². The van der Waals surface area contributed by atoms with Crippen molar-refractivity contribution in [3.8, 4) is 0 Å². The monoisotopic (exact) mass is 456 g/mol. The Bertz CT molecular complexity index is 967. The fraction of sp³-hybridized carbons (Fsp3) is 0.300. The molecule has 1 fully saturated rings. The third kappa shape index (κ3) is 6.65. The number of aliphatic carboxylic acids is 1. The van der Waals surface area contributed by atoms with E-state index in [2.05, 4.69) is 10.3 Å². The van der Waals surface area contributed by atoms with Crippen molar-refractivity contribution in [1.82, 2.24) is 14.8 Å². The van der Waals surface area contributed by atoms with Gasteiger partial charge in [0.25, 0.3) is 5.91 Å². The molecule has 2 amide bonds. The van der Waals surface area contributed by atoms with Crippen LogP contribution in [0.2, 0.25) is 0 Å². The third-order valence-electron chi connectivity index (χ3n) is 4.41. The number of amides is 2. The minimum absolute atomic E-state index is 0.0259. The summed E-state index contributed by atoms with van der Waals surface area (Å²) < 4.78 is 44.7. The molecule has 172 valence electrons. The highest BCUT2D eigenvalue weighted by molar-refractivity contribution is 6.00. The first kappa shape index (κ1) is 24.6. The maximum absolute atomic E-state index is 13.0. The van der Waals surface area contributed by atoms with E-state index in [4.69, 9.17) is 9.90 Å². The van der Waals surface area contributed by atoms with E-state index in [1.807, 2.05) is 0 Å². The second kappa shape index (κ2) is 10.6. The molecule has 1 aromatic heterocycles. The maximum Gasteiger partial charge on any atom is 0.490 e. The number of piperazine rings is 1. The number of carboxylic acid groups (broad SMARTS) is 1. The van der Waals surface area contributed by atoms with Crippen LogP contribution in [-0.2, 0) is 16.1 Å². The highest BCUT2D eigenvalue weighted by atomic mass is 19.4. The molecule has 1 aliphatic rings. The van der Waals surface area contributed by atoms with Crippen molar-refractivity contribution < 1.29 is 37.1 Å². The molecule has 2 N–H and O–H groups in total. The Morgan fingerprint density at radius 2 is 1.78 bits per heavy atom. The van der Waals surface area contributed by atoms with E-state index in [0.29, 0.717) is 31.0 Å². The van der Waals surface area contributed by atoms with Crippen LogP contribution < -0.4 is 5.32 Å². The number of nitrogens with zero attached hydrogens (tertiary/aromatic N) is 3. The van der Waals surface area contributed by atoms with Crippen LogP contribution in [0.15, 0.2) is 42.6 Å². The predicted octanol–water partition coefficient (Wildman–Crippen LogP) is 2.38. The van der Waals surface area contributed by atoms with E-state index in [0.717, 1.165) is 5.56 Å². The number of alkyl halides is 3. The molecule has 3 rings (SSSR count). The summed E-state index contributed by atoms with van der Waals surface area (Å²) >= 11 is 0. The molecule has 2 aromatic rings. The summed E-state index contributed by atoms with van der Waals surface area (Å²) in [4.78, 5) is 41.3. The van der Waals surface area contributed by atoms with Gasteiger partial charge < -0.3 is 20.2 Å². The first-order chi connectivity index (χ1) is 15.0. The largest absolute Gasteiger partial charge is 0.490 e. The Morgan fingerprint density at radius 1 is 1.16 bits per heavy atom. The molecule has 0 saturated carbocycles. The number of nitrogens with one attached hydrogen (secondary N) is 1. The zero-order valence-electron chi connectivity index (χ0n) is 16.9. The number of hydrogen-bond donors (Lipinski definition) is 2. The van der Waals surface area contributed by atoms with Gasteiger partial charge in [-0.3, -0.25) is 9.59 Å². The molecule has 32 heavy (non-hydrogen) atoms. The van der Waals surface area contributed by atoms with E-state index < -0.39 is 12.1 Å². The van der Waals surface area contributed by atoms with Gasteiger partial charge in [-0.05, 0) is 29.8 Å². The summed E-state index contributed by atoms with van der Waals surface area (Å²) in [5.41, 5.74) is 1.31. The molecule has 0 atom stereocenters. The summed E-state index contributed by atoms with van der Waals surface area (Å²) in [5.74, 6) is -2.91. The van der Waals surface area contributed by atoms with Gasteiger partial charge in [0.05, 0.1) is 5.56 Å². The highest BCUT2D eigenvalue weighted by Gasteiger charge is 2.38. The third-order valence-corrected chi connectivity index (χ3v) is 4.41. The number of hydrogen-bond acceptors (Lipinski definition) is 5. The van der Waals surface area contributed by atoms with E-state index >= 15 is 0 Å². The Labute approximate surface area is 180 Å². The average Bonchev–Trinajstić information content (AvgIpc) is 2.76. The van der Waals surface area contributed by atoms with Gasteiger partial charge in [-0.2, -0.15) is 13.2 Å². The molecule has 0 aliphatic carbocycles. The fourth-order valence-corrected chi connectivity index (χ4v) is 2.81. The maximum atomic E-state index is 13.0. The average molecular weight is 456 g/mol. The first-order valence-corrected chi connectivity index (χ1v) is 9.27. The number of benzene rings is 1. The standard InChI is InChI=1S/C18H19FN4O2.C2HF3O2/c1-20-17-15(3-2-8-21-17)18(25)23-10-9-22(16(24)12-23)11-13-4-6-14(19)7-5-13;3-2(4,5)1(6)7/h2-8H,9-12H2,1H3,(H,20,21);(H,6,7). The number of rotatable bonds is 4. The lowest BCUT2D eigenvalue weighted by atomic mass is 10.1. The molecule has 12 heteroatoms. The van der Waals surface area contributed by atoms with Crippen molar-refractivity contribution >= 4 is 23.6 Å². The topological polar surface area (TPSA) is 103 Å². The van der Waals surface area contributed by atoms with Crippen LogP contribution in [0.1, 0.15) is 15.9 Å². The molecule has 0 bridgehead atoms. The van der Waals surface area contributed by atoms with E-state index in [-0.39, 0.29) is 24.2 Å². The number of carbonyl (C=O) groups excluding carboxylic acids is 2. The van der Waals surface area contributed by atoms with Gasteiger partial charge in [-0.15, -0.1) is 0 Å². The van der Waals surface area contributed by atoms with Crippen LogP contribution in [0, 0.1) is 5.82 Å². The quantitative estimate of drug-likeness (QED) is 0.685. The molecule has 1 saturated heterocycles. The smallest absolute Gasteiger partial charge is 0.475 e. The molecule has 1 aromatic carbocycles. The molecular formula is C20H20F4N4O4. The summed E-state index contributed by atoms with van der Waals surface area (Å²) in [6.07, 6.45) is -3.48. The molecule has 0 spiro atoms. The van der Waals surface area contributed by atoms with Gasteiger partial charge in [0, 0.05) is 32.9 Å². The Kier molecular flexibility index (Phi) is 8.10. The summed E-state index contributed by atoms with van der Waals surface area (Å²) in [6.45, 7) is 1.33. The van der Waals surface area contributed by atoms with Gasteiger partial charge in [0.15, 0.2) is 0 Å². The molecule has 0 unspecified atom stereocenters. The second-order valence-corrected chi connectivity index (χ2v) is 6.62. The number of halogens is 4. The minimum atomic E-state index is -5.08. The van der Waals surface area contributed by atoms with Gasteiger partial charge >= 0.3 is 12.1 Å². The van der Waals surface area contributed by atoms with Crippen molar-refractivity contribution in [3.05, 3.63) is 59.5 Å². The summed E-state index contributed by atoms with van der Waals surface area (Å²) in [6, 6.07) is 9.46. The molecular weight excluding hydrogens is 436 g/mol. The van der Waals surface area contributed by atoms with Crippen LogP contribution in [0.5, 0.6) is 0 Å². The van der Waals surface area contributed by atoms with Gasteiger partial charge in [0.1, 0.15) is 18.2 Å². The Hall–Kier alpha value is -3.70. The van der Waals surface area contributed by atoms with E-state index in [9.17, 15) is 27.2 Å². The molecule has 0 radical (unpaired) electrons. The van der Waals surface area contributed by atoms with Gasteiger partial charge in [0.2, 0.25) is 5.91 Å². The summed E-state index contributed by atoms with van der Waals surface area (Å²) in [7, 11) is 1.70. The van der Waals surface area contributed by atoms with Crippen molar-refractivity contribution in [3.63, 3.8) is 0 Å².